The zero-order valence-electron chi connectivity index (χ0n) is 13.2. The van der Waals surface area contributed by atoms with Gasteiger partial charge in [-0.25, -0.2) is 0 Å². The first-order chi connectivity index (χ1) is 10.6. The normalized spacial score (nSPS) is 17.5. The first-order valence-electron chi connectivity index (χ1n) is 7.69. The summed E-state index contributed by atoms with van der Waals surface area (Å²) >= 11 is 0. The summed E-state index contributed by atoms with van der Waals surface area (Å²) < 4.78 is 5.16. The van der Waals surface area contributed by atoms with Crippen molar-refractivity contribution in [2.24, 2.45) is 0 Å². The van der Waals surface area contributed by atoms with E-state index in [1.54, 1.807) is 17.2 Å². The molecule has 1 aromatic heterocycles. The minimum absolute atomic E-state index is 0.0234. The number of aryl methyl sites for hydroxylation is 1. The number of likely N-dealkylation sites (tertiary alicyclic amines) is 1. The summed E-state index contributed by atoms with van der Waals surface area (Å²) in [7, 11) is 0. The van der Waals surface area contributed by atoms with Crippen LogP contribution in [0.1, 0.15) is 35.8 Å². The SMILES string of the molecule is CCOCCC(=O)N[C@@H]1CCN(C(=O)c2ccc(C)nc2)C1. The molecular weight excluding hydrogens is 282 g/mol. The molecule has 0 aromatic carbocycles. The lowest BCUT2D eigenvalue weighted by atomic mass is 10.2. The van der Waals surface area contributed by atoms with Gasteiger partial charge in [-0.15, -0.1) is 0 Å². The summed E-state index contributed by atoms with van der Waals surface area (Å²) in [6.07, 6.45) is 2.75. The quantitative estimate of drug-likeness (QED) is 0.800. The Bertz CT molecular complexity index is 516. The average Bonchev–Trinajstić information content (AvgIpc) is 2.96. The van der Waals surface area contributed by atoms with Crippen molar-refractivity contribution in [3.63, 3.8) is 0 Å². The van der Waals surface area contributed by atoms with E-state index in [2.05, 4.69) is 10.3 Å². The van der Waals surface area contributed by atoms with Crippen LogP contribution in [0.5, 0.6) is 0 Å². The van der Waals surface area contributed by atoms with Gasteiger partial charge in [0.25, 0.3) is 5.91 Å². The number of pyridine rings is 1. The van der Waals surface area contributed by atoms with Gasteiger partial charge in [-0.2, -0.15) is 0 Å². The Labute approximate surface area is 130 Å². The van der Waals surface area contributed by atoms with Crippen LogP contribution in [0.15, 0.2) is 18.3 Å². The molecule has 2 amide bonds. The van der Waals surface area contributed by atoms with E-state index in [1.807, 2.05) is 19.9 Å². The van der Waals surface area contributed by atoms with Gasteiger partial charge in [0, 0.05) is 44.0 Å². The van der Waals surface area contributed by atoms with Crippen molar-refractivity contribution in [3.05, 3.63) is 29.6 Å². The van der Waals surface area contributed by atoms with Crippen LogP contribution in [0.2, 0.25) is 0 Å². The smallest absolute Gasteiger partial charge is 0.255 e. The van der Waals surface area contributed by atoms with Crippen molar-refractivity contribution >= 4 is 11.8 Å². The predicted octanol–water partition coefficient (Wildman–Crippen LogP) is 1.15. The Morgan fingerprint density at radius 2 is 2.27 bits per heavy atom. The predicted molar refractivity (Wildman–Crippen MR) is 82.5 cm³/mol. The van der Waals surface area contributed by atoms with Crippen molar-refractivity contribution in [2.75, 3.05) is 26.3 Å². The first-order valence-corrected chi connectivity index (χ1v) is 7.69. The zero-order chi connectivity index (χ0) is 15.9. The van der Waals surface area contributed by atoms with E-state index >= 15 is 0 Å². The molecule has 6 heteroatoms. The van der Waals surface area contributed by atoms with Gasteiger partial charge in [0.05, 0.1) is 12.2 Å². The molecule has 0 spiro atoms. The van der Waals surface area contributed by atoms with Crippen LogP contribution in [0.3, 0.4) is 0 Å². The molecular formula is C16H23N3O3. The lowest BCUT2D eigenvalue weighted by molar-refractivity contribution is -0.122. The molecule has 1 N–H and O–H groups in total. The molecule has 1 aromatic rings. The Hall–Kier alpha value is -1.95. The van der Waals surface area contributed by atoms with E-state index in [1.165, 1.54) is 0 Å². The van der Waals surface area contributed by atoms with Crippen LogP contribution >= 0.6 is 0 Å². The molecule has 2 rings (SSSR count). The summed E-state index contributed by atoms with van der Waals surface area (Å²) in [5.41, 5.74) is 1.48. The maximum absolute atomic E-state index is 12.4. The minimum atomic E-state index is -0.0291. The summed E-state index contributed by atoms with van der Waals surface area (Å²) in [5.74, 6) is -0.0525. The van der Waals surface area contributed by atoms with Gasteiger partial charge in [0.15, 0.2) is 0 Å². The molecule has 0 aliphatic carbocycles. The summed E-state index contributed by atoms with van der Waals surface area (Å²) in [6.45, 7) is 6.04. The topological polar surface area (TPSA) is 71.5 Å². The number of carbonyl (C=O) groups excluding carboxylic acids is 2. The second-order valence-electron chi connectivity index (χ2n) is 5.44. The molecule has 22 heavy (non-hydrogen) atoms. The molecule has 1 saturated heterocycles. The highest BCUT2D eigenvalue weighted by Gasteiger charge is 2.27. The van der Waals surface area contributed by atoms with Gasteiger partial charge in [-0.1, -0.05) is 0 Å². The fourth-order valence-corrected chi connectivity index (χ4v) is 2.45. The third-order valence-electron chi connectivity index (χ3n) is 3.68. The molecule has 0 radical (unpaired) electrons. The zero-order valence-corrected chi connectivity index (χ0v) is 13.2. The minimum Gasteiger partial charge on any atom is -0.381 e. The Morgan fingerprint density at radius 1 is 1.45 bits per heavy atom. The molecule has 1 aliphatic heterocycles. The maximum Gasteiger partial charge on any atom is 0.255 e. The van der Waals surface area contributed by atoms with E-state index < -0.39 is 0 Å². The van der Waals surface area contributed by atoms with Gasteiger partial charge in [-0.05, 0) is 32.4 Å². The third-order valence-corrected chi connectivity index (χ3v) is 3.68. The number of rotatable bonds is 6. The molecule has 0 bridgehead atoms. The van der Waals surface area contributed by atoms with Crippen LogP contribution in [0.4, 0.5) is 0 Å². The number of amides is 2. The Balaban J connectivity index is 1.80. The van der Waals surface area contributed by atoms with E-state index in [0.717, 1.165) is 12.1 Å². The second-order valence-corrected chi connectivity index (χ2v) is 5.44. The number of nitrogens with one attached hydrogen (secondary N) is 1. The maximum atomic E-state index is 12.4. The van der Waals surface area contributed by atoms with Crippen LogP contribution in [-0.4, -0.2) is 54.0 Å². The van der Waals surface area contributed by atoms with E-state index in [0.29, 0.717) is 38.3 Å². The number of nitrogens with zero attached hydrogens (tertiary/aromatic N) is 2. The molecule has 1 fully saturated rings. The van der Waals surface area contributed by atoms with Gasteiger partial charge in [-0.3, -0.25) is 14.6 Å². The van der Waals surface area contributed by atoms with Gasteiger partial charge >= 0.3 is 0 Å². The number of aromatic nitrogens is 1. The summed E-state index contributed by atoms with van der Waals surface area (Å²) in [4.78, 5) is 30.0. The highest BCUT2D eigenvalue weighted by molar-refractivity contribution is 5.94. The number of hydrogen-bond donors (Lipinski definition) is 1. The molecule has 1 aliphatic rings. The first kappa shape index (κ1) is 16.4. The van der Waals surface area contributed by atoms with E-state index in [9.17, 15) is 9.59 Å². The molecule has 1 atom stereocenters. The monoisotopic (exact) mass is 305 g/mol. The van der Waals surface area contributed by atoms with Crippen molar-refractivity contribution < 1.29 is 14.3 Å². The van der Waals surface area contributed by atoms with E-state index in [4.69, 9.17) is 4.74 Å². The number of hydrogen-bond acceptors (Lipinski definition) is 4. The van der Waals surface area contributed by atoms with Crippen LogP contribution in [0.25, 0.3) is 0 Å². The highest BCUT2D eigenvalue weighted by Crippen LogP contribution is 2.13. The molecule has 0 unspecified atom stereocenters. The number of carbonyl (C=O) groups is 2. The molecule has 2 heterocycles. The van der Waals surface area contributed by atoms with Crippen molar-refractivity contribution in [2.45, 2.75) is 32.7 Å². The third kappa shape index (κ3) is 4.53. The van der Waals surface area contributed by atoms with E-state index in [-0.39, 0.29) is 17.9 Å². The fourth-order valence-electron chi connectivity index (χ4n) is 2.45. The van der Waals surface area contributed by atoms with Crippen molar-refractivity contribution in [3.8, 4) is 0 Å². The molecule has 0 saturated carbocycles. The second kappa shape index (κ2) is 7.89. The summed E-state index contributed by atoms with van der Waals surface area (Å²) in [5, 5.41) is 2.95. The molecule has 120 valence electrons. The lowest BCUT2D eigenvalue weighted by Crippen LogP contribution is -2.38. The van der Waals surface area contributed by atoms with Crippen LogP contribution < -0.4 is 5.32 Å². The largest absolute Gasteiger partial charge is 0.381 e. The van der Waals surface area contributed by atoms with Crippen LogP contribution in [0, 0.1) is 6.92 Å². The van der Waals surface area contributed by atoms with Crippen molar-refractivity contribution in [1.29, 1.82) is 0 Å². The lowest BCUT2D eigenvalue weighted by Gasteiger charge is -2.17. The highest BCUT2D eigenvalue weighted by atomic mass is 16.5. The van der Waals surface area contributed by atoms with Gasteiger partial charge in [0.2, 0.25) is 5.91 Å². The Morgan fingerprint density at radius 3 is 2.95 bits per heavy atom. The number of ether oxygens (including phenoxy) is 1. The van der Waals surface area contributed by atoms with Gasteiger partial charge < -0.3 is 15.0 Å². The summed E-state index contributed by atoms with van der Waals surface area (Å²) in [6, 6.07) is 3.64. The standard InChI is InChI=1S/C16H23N3O3/c1-3-22-9-7-15(20)18-14-6-8-19(11-14)16(21)13-5-4-12(2)17-10-13/h4-5,10,14H,3,6-9,11H2,1-2H3,(H,18,20)/t14-/m1/s1. The van der Waals surface area contributed by atoms with Gasteiger partial charge in [0.1, 0.15) is 0 Å². The average molecular weight is 305 g/mol. The molecule has 6 nitrogen and oxygen atoms in total. The fraction of sp³-hybridized carbons (Fsp3) is 0.562. The Kier molecular flexibility index (Phi) is 5.89. The van der Waals surface area contributed by atoms with Crippen molar-refractivity contribution in [1.82, 2.24) is 15.2 Å². The van der Waals surface area contributed by atoms with Crippen LogP contribution in [-0.2, 0) is 9.53 Å².